The number of hydrogen-bond donors (Lipinski definition) is 1. The molecule has 0 amide bonds. The van der Waals surface area contributed by atoms with Crippen LogP contribution in [0.2, 0.25) is 0 Å². The van der Waals surface area contributed by atoms with E-state index in [1.165, 1.54) is 0 Å². The monoisotopic (exact) mass is 228 g/mol. The summed E-state index contributed by atoms with van der Waals surface area (Å²) < 4.78 is 35.8. The van der Waals surface area contributed by atoms with Gasteiger partial charge in [0.05, 0.1) is 0 Å². The number of allylic oxidation sites excluding steroid dienone is 1. The second kappa shape index (κ2) is 5.24. The van der Waals surface area contributed by atoms with Crippen molar-refractivity contribution in [3.05, 3.63) is 10.7 Å². The minimum absolute atomic E-state index is 0.162. The van der Waals surface area contributed by atoms with Crippen LogP contribution in [0.25, 0.3) is 0 Å². The third kappa shape index (κ3) is 4.00. The van der Waals surface area contributed by atoms with Gasteiger partial charge in [-0.3, -0.25) is 0 Å². The first-order valence-electron chi connectivity index (χ1n) is 4.11. The van der Waals surface area contributed by atoms with Crippen LogP contribution in [0.3, 0.4) is 0 Å². The fraction of sp³-hybridized carbons (Fsp3) is 0.625. The Hall–Kier alpha value is -0.710. The van der Waals surface area contributed by atoms with E-state index < -0.39 is 12.0 Å². The Morgan fingerprint density at radius 2 is 1.71 bits per heavy atom. The lowest BCUT2D eigenvalue weighted by molar-refractivity contribution is -0.0598. The Bertz CT molecular complexity index is 250. The van der Waals surface area contributed by atoms with Crippen LogP contribution in [0.1, 0.15) is 26.7 Å². The van der Waals surface area contributed by atoms with E-state index in [1.807, 2.05) is 0 Å². The van der Waals surface area contributed by atoms with Crippen LogP contribution in [-0.4, -0.2) is 12.0 Å². The first-order valence-corrected chi connectivity index (χ1v) is 4.49. The number of aliphatic imine (C=N–C) groups is 1. The van der Waals surface area contributed by atoms with E-state index >= 15 is 0 Å². The van der Waals surface area contributed by atoms with Crippen LogP contribution < -0.4 is 5.73 Å². The molecule has 2 N–H and O–H groups in total. The number of hydrogen-bond acceptors (Lipinski definition) is 1. The second-order valence-electron chi connectivity index (χ2n) is 2.60. The van der Waals surface area contributed by atoms with Gasteiger partial charge in [0.25, 0.3) is 0 Å². The first kappa shape index (κ1) is 13.3. The number of nitrogens with zero attached hydrogens (tertiary/aromatic N) is 1. The Labute approximate surface area is 85.6 Å². The average molecular weight is 229 g/mol. The van der Waals surface area contributed by atoms with Crippen LogP contribution >= 0.6 is 11.6 Å². The van der Waals surface area contributed by atoms with E-state index in [0.717, 1.165) is 0 Å². The molecule has 0 atom stereocenters. The van der Waals surface area contributed by atoms with Crippen LogP contribution in [0.15, 0.2) is 15.7 Å². The highest BCUT2D eigenvalue weighted by atomic mass is 35.5. The SMILES string of the molecule is CCC(CC)=C(Cl)/N=C(/N)C(F)(F)F. The molecule has 0 aliphatic carbocycles. The fourth-order valence-electron chi connectivity index (χ4n) is 0.790. The zero-order chi connectivity index (χ0) is 11.4. The lowest BCUT2D eigenvalue weighted by Gasteiger charge is -2.06. The topological polar surface area (TPSA) is 38.4 Å². The molecule has 14 heavy (non-hydrogen) atoms. The van der Waals surface area contributed by atoms with E-state index in [9.17, 15) is 13.2 Å². The van der Waals surface area contributed by atoms with E-state index in [2.05, 4.69) is 4.99 Å². The lowest BCUT2D eigenvalue weighted by atomic mass is 10.2. The molecule has 6 heteroatoms. The summed E-state index contributed by atoms with van der Waals surface area (Å²) in [5.41, 5.74) is 5.36. The molecule has 0 unspecified atom stereocenters. The van der Waals surface area contributed by atoms with Gasteiger partial charge in [-0.15, -0.1) is 0 Å². The maximum absolute atomic E-state index is 11.9. The van der Waals surface area contributed by atoms with Crippen molar-refractivity contribution in [2.45, 2.75) is 32.9 Å². The maximum Gasteiger partial charge on any atom is 0.449 e. The number of halogens is 4. The largest absolute Gasteiger partial charge is 0.449 e. The highest BCUT2D eigenvalue weighted by molar-refractivity contribution is 6.30. The molecule has 0 saturated heterocycles. The van der Waals surface area contributed by atoms with Gasteiger partial charge in [-0.2, -0.15) is 13.2 Å². The summed E-state index contributed by atoms with van der Waals surface area (Å²) in [7, 11) is 0. The predicted octanol–water partition coefficient (Wildman–Crippen LogP) is 3.18. The van der Waals surface area contributed by atoms with Crippen molar-refractivity contribution < 1.29 is 13.2 Å². The molecule has 2 nitrogen and oxygen atoms in total. The molecule has 0 bridgehead atoms. The molecule has 0 aromatic heterocycles. The molecular weight excluding hydrogens is 217 g/mol. The first-order chi connectivity index (χ1) is 6.32. The summed E-state index contributed by atoms with van der Waals surface area (Å²) in [4.78, 5) is 3.10. The van der Waals surface area contributed by atoms with Gasteiger partial charge in [-0.05, 0) is 18.4 Å². The molecule has 0 radical (unpaired) electrons. The zero-order valence-corrected chi connectivity index (χ0v) is 8.71. The van der Waals surface area contributed by atoms with Gasteiger partial charge >= 0.3 is 6.18 Å². The van der Waals surface area contributed by atoms with E-state index in [-0.39, 0.29) is 5.16 Å². The van der Waals surface area contributed by atoms with Gasteiger partial charge < -0.3 is 5.73 Å². The van der Waals surface area contributed by atoms with Gasteiger partial charge in [0, 0.05) is 0 Å². The van der Waals surface area contributed by atoms with Gasteiger partial charge in [-0.1, -0.05) is 25.4 Å². The van der Waals surface area contributed by atoms with Crippen molar-refractivity contribution in [2.24, 2.45) is 10.7 Å². The van der Waals surface area contributed by atoms with E-state index in [1.54, 1.807) is 13.8 Å². The summed E-state index contributed by atoms with van der Waals surface area (Å²) in [5.74, 6) is -1.41. The van der Waals surface area contributed by atoms with Crippen molar-refractivity contribution in [1.29, 1.82) is 0 Å². The lowest BCUT2D eigenvalue weighted by Crippen LogP contribution is -2.31. The molecule has 0 rings (SSSR count). The Balaban J connectivity index is 4.90. The van der Waals surface area contributed by atoms with Crippen molar-refractivity contribution in [2.75, 3.05) is 0 Å². The van der Waals surface area contributed by atoms with Gasteiger partial charge in [0.2, 0.25) is 5.84 Å². The number of amidine groups is 1. The number of nitrogens with two attached hydrogens (primary N) is 1. The summed E-state index contributed by atoms with van der Waals surface area (Å²) in [6, 6.07) is 0. The summed E-state index contributed by atoms with van der Waals surface area (Å²) in [6.45, 7) is 3.58. The molecule has 0 heterocycles. The predicted molar refractivity (Wildman–Crippen MR) is 51.1 cm³/mol. The third-order valence-electron chi connectivity index (χ3n) is 1.65. The quantitative estimate of drug-likeness (QED) is 0.450. The minimum atomic E-state index is -4.62. The minimum Gasteiger partial charge on any atom is -0.380 e. The van der Waals surface area contributed by atoms with E-state index in [4.69, 9.17) is 17.3 Å². The molecule has 0 saturated carbocycles. The summed E-state index contributed by atoms with van der Waals surface area (Å²) >= 11 is 5.56. The molecule has 0 spiro atoms. The van der Waals surface area contributed by atoms with Crippen LogP contribution in [-0.2, 0) is 0 Å². The molecule has 0 aliphatic heterocycles. The fourth-order valence-corrected chi connectivity index (χ4v) is 1.15. The molecule has 0 fully saturated rings. The smallest absolute Gasteiger partial charge is 0.380 e. The number of rotatable bonds is 3. The highest BCUT2D eigenvalue weighted by Crippen LogP contribution is 2.21. The molecule has 82 valence electrons. The van der Waals surface area contributed by atoms with Crippen molar-refractivity contribution >= 4 is 17.4 Å². The maximum atomic E-state index is 11.9. The van der Waals surface area contributed by atoms with Gasteiger partial charge in [0.1, 0.15) is 5.16 Å². The molecular formula is C8H12ClF3N2. The van der Waals surface area contributed by atoms with Crippen molar-refractivity contribution in [3.8, 4) is 0 Å². The van der Waals surface area contributed by atoms with Crippen molar-refractivity contribution in [1.82, 2.24) is 0 Å². The van der Waals surface area contributed by atoms with Crippen molar-refractivity contribution in [3.63, 3.8) is 0 Å². The highest BCUT2D eigenvalue weighted by Gasteiger charge is 2.33. The molecule has 0 aliphatic rings. The van der Waals surface area contributed by atoms with Crippen LogP contribution in [0.5, 0.6) is 0 Å². The number of alkyl halides is 3. The summed E-state index contributed by atoms with van der Waals surface area (Å²) in [6.07, 6.45) is -3.50. The Morgan fingerprint density at radius 3 is 2.00 bits per heavy atom. The van der Waals surface area contributed by atoms with Gasteiger partial charge in [-0.25, -0.2) is 4.99 Å². The molecule has 0 aromatic carbocycles. The second-order valence-corrected chi connectivity index (χ2v) is 2.95. The Morgan fingerprint density at radius 1 is 1.29 bits per heavy atom. The van der Waals surface area contributed by atoms with Gasteiger partial charge in [0.15, 0.2) is 0 Å². The normalized spacial score (nSPS) is 12.9. The zero-order valence-electron chi connectivity index (χ0n) is 7.95. The standard InChI is InChI=1S/C8H12ClF3N2/c1-3-5(4-2)6(9)14-7(13)8(10,11)12/h3-4H2,1-2H3,(H2,13,14). The van der Waals surface area contributed by atoms with Crippen LogP contribution in [0, 0.1) is 0 Å². The summed E-state index contributed by atoms with van der Waals surface area (Å²) in [5, 5.41) is -0.162. The average Bonchev–Trinajstić information content (AvgIpc) is 2.04. The third-order valence-corrected chi connectivity index (χ3v) is 2.01. The Kier molecular flexibility index (Phi) is 4.97. The molecule has 0 aromatic rings. The van der Waals surface area contributed by atoms with Crippen LogP contribution in [0.4, 0.5) is 13.2 Å². The van der Waals surface area contributed by atoms with E-state index in [0.29, 0.717) is 18.4 Å².